The van der Waals surface area contributed by atoms with E-state index in [2.05, 4.69) is 0 Å². The molecule has 0 spiro atoms. The molecular formula is C23H18ClNO3S. The van der Waals surface area contributed by atoms with Gasteiger partial charge in [-0.2, -0.15) is 0 Å². The molecule has 0 aliphatic carbocycles. The van der Waals surface area contributed by atoms with Gasteiger partial charge in [0.2, 0.25) is 0 Å². The van der Waals surface area contributed by atoms with E-state index in [0.29, 0.717) is 21.8 Å². The van der Waals surface area contributed by atoms with E-state index < -0.39 is 17.7 Å². The average Bonchev–Trinajstić information content (AvgIpc) is 3.32. The van der Waals surface area contributed by atoms with Crippen LogP contribution < -0.4 is 4.90 Å². The number of rotatable bonds is 3. The molecule has 1 amide bonds. The summed E-state index contributed by atoms with van der Waals surface area (Å²) in [6.45, 7) is 3.75. The van der Waals surface area contributed by atoms with E-state index in [-0.39, 0.29) is 11.3 Å². The van der Waals surface area contributed by atoms with Crippen molar-refractivity contribution in [3.63, 3.8) is 0 Å². The zero-order valence-electron chi connectivity index (χ0n) is 15.8. The maximum Gasteiger partial charge on any atom is 0.300 e. The number of halogens is 1. The third-order valence-electron chi connectivity index (χ3n) is 5.08. The van der Waals surface area contributed by atoms with Gasteiger partial charge in [-0.1, -0.05) is 53.6 Å². The Morgan fingerprint density at radius 2 is 1.76 bits per heavy atom. The predicted molar refractivity (Wildman–Crippen MR) is 116 cm³/mol. The van der Waals surface area contributed by atoms with E-state index in [1.807, 2.05) is 43.5 Å². The Labute approximate surface area is 177 Å². The van der Waals surface area contributed by atoms with Crippen molar-refractivity contribution in [1.82, 2.24) is 0 Å². The Morgan fingerprint density at radius 3 is 2.41 bits per heavy atom. The zero-order valence-corrected chi connectivity index (χ0v) is 17.4. The average molecular weight is 424 g/mol. The van der Waals surface area contributed by atoms with Crippen molar-refractivity contribution in [1.29, 1.82) is 0 Å². The Hall–Kier alpha value is -2.89. The third-order valence-corrected chi connectivity index (χ3v) is 6.41. The summed E-state index contributed by atoms with van der Waals surface area (Å²) in [5.74, 6) is -1.56. The van der Waals surface area contributed by atoms with E-state index in [1.54, 1.807) is 30.3 Å². The normalized spacial score (nSPS) is 18.4. The van der Waals surface area contributed by atoms with Crippen LogP contribution in [0.1, 0.15) is 27.6 Å². The van der Waals surface area contributed by atoms with Gasteiger partial charge >= 0.3 is 0 Å². The van der Waals surface area contributed by atoms with E-state index in [4.69, 9.17) is 11.6 Å². The molecule has 2 heterocycles. The number of nitrogens with zero attached hydrogens (tertiary/aromatic N) is 1. The Morgan fingerprint density at radius 1 is 1.03 bits per heavy atom. The van der Waals surface area contributed by atoms with Gasteiger partial charge in [0.25, 0.3) is 11.7 Å². The molecule has 2 aromatic carbocycles. The molecule has 0 saturated carbocycles. The summed E-state index contributed by atoms with van der Waals surface area (Å²) >= 11 is 7.70. The summed E-state index contributed by atoms with van der Waals surface area (Å²) in [5, 5.41) is 13.4. The fourth-order valence-corrected chi connectivity index (χ4v) is 4.51. The topological polar surface area (TPSA) is 57.6 Å². The molecule has 1 atom stereocenters. The Bertz CT molecular complexity index is 1130. The third kappa shape index (κ3) is 3.26. The Balaban J connectivity index is 1.95. The van der Waals surface area contributed by atoms with Crippen molar-refractivity contribution < 1.29 is 14.7 Å². The molecule has 1 N–H and O–H groups in total. The first kappa shape index (κ1) is 19.4. The number of ketones is 1. The molecule has 1 saturated heterocycles. The highest BCUT2D eigenvalue weighted by atomic mass is 35.5. The lowest BCUT2D eigenvalue weighted by atomic mass is 9.99. The van der Waals surface area contributed by atoms with Crippen molar-refractivity contribution >= 4 is 46.1 Å². The number of Topliss-reactive ketones (excluding diaryl/α,β-unsaturated/α-hetero) is 1. The number of hydrogen-bond donors (Lipinski definition) is 1. The fourth-order valence-electron chi connectivity index (χ4n) is 3.52. The van der Waals surface area contributed by atoms with Gasteiger partial charge in [-0.25, -0.2) is 0 Å². The van der Waals surface area contributed by atoms with Crippen LogP contribution in [0.4, 0.5) is 5.69 Å². The van der Waals surface area contributed by atoms with Gasteiger partial charge in [0.1, 0.15) is 11.8 Å². The minimum Gasteiger partial charge on any atom is -0.507 e. The van der Waals surface area contributed by atoms with Crippen LogP contribution in [0.3, 0.4) is 0 Å². The molecule has 4 rings (SSSR count). The molecule has 1 aromatic heterocycles. The van der Waals surface area contributed by atoms with Crippen molar-refractivity contribution in [3.05, 3.63) is 92.1 Å². The van der Waals surface area contributed by atoms with Crippen molar-refractivity contribution in [2.75, 3.05) is 4.90 Å². The van der Waals surface area contributed by atoms with Crippen molar-refractivity contribution in [3.8, 4) is 0 Å². The maximum absolute atomic E-state index is 13.1. The molecule has 1 aliphatic rings. The lowest BCUT2D eigenvalue weighted by Crippen LogP contribution is -2.29. The first-order valence-electron chi connectivity index (χ1n) is 9.06. The van der Waals surface area contributed by atoms with Crippen LogP contribution in [0.5, 0.6) is 0 Å². The number of aliphatic hydroxyl groups is 1. The molecule has 0 radical (unpaired) electrons. The number of thiophene rings is 1. The Kier molecular flexibility index (Phi) is 5.03. The van der Waals surface area contributed by atoms with Crippen LogP contribution in [0.25, 0.3) is 5.76 Å². The lowest BCUT2D eigenvalue weighted by Gasteiger charge is -2.26. The minimum absolute atomic E-state index is 0.0840. The van der Waals surface area contributed by atoms with Gasteiger partial charge in [-0.3, -0.25) is 14.5 Å². The first-order valence-corrected chi connectivity index (χ1v) is 10.3. The molecular weight excluding hydrogens is 406 g/mol. The molecule has 6 heteroatoms. The second kappa shape index (κ2) is 7.50. The van der Waals surface area contributed by atoms with E-state index in [1.165, 1.54) is 16.2 Å². The predicted octanol–water partition coefficient (Wildman–Crippen LogP) is 5.64. The first-order chi connectivity index (χ1) is 13.9. The molecule has 1 aliphatic heterocycles. The van der Waals surface area contributed by atoms with Crippen LogP contribution in [-0.2, 0) is 9.59 Å². The molecule has 29 heavy (non-hydrogen) atoms. The summed E-state index contributed by atoms with van der Waals surface area (Å²) in [6, 6.07) is 15.4. The fraction of sp³-hybridized carbons (Fsp3) is 0.130. The molecule has 4 nitrogen and oxygen atoms in total. The second-order valence-corrected chi connectivity index (χ2v) is 8.32. The maximum atomic E-state index is 13.1. The SMILES string of the molecule is Cc1ccc(/C(O)=C2/C(=O)C(=O)N(c3cccc(Cl)c3C)C2c2cccs2)cc1. The highest BCUT2D eigenvalue weighted by molar-refractivity contribution is 7.10. The van der Waals surface area contributed by atoms with Crippen LogP contribution in [0.15, 0.2) is 65.6 Å². The summed E-state index contributed by atoms with van der Waals surface area (Å²) in [4.78, 5) is 28.3. The molecule has 0 bridgehead atoms. The smallest absolute Gasteiger partial charge is 0.300 e. The van der Waals surface area contributed by atoms with Crippen LogP contribution in [0.2, 0.25) is 5.02 Å². The van der Waals surface area contributed by atoms with Gasteiger partial charge in [0, 0.05) is 21.2 Å². The number of hydrogen-bond acceptors (Lipinski definition) is 4. The largest absolute Gasteiger partial charge is 0.507 e. The van der Waals surface area contributed by atoms with Gasteiger partial charge in [0.05, 0.1) is 5.57 Å². The summed E-state index contributed by atoms with van der Waals surface area (Å²) in [7, 11) is 0. The monoisotopic (exact) mass is 423 g/mol. The lowest BCUT2D eigenvalue weighted by molar-refractivity contribution is -0.132. The quantitative estimate of drug-likeness (QED) is 0.336. The van der Waals surface area contributed by atoms with Gasteiger partial charge in [0.15, 0.2) is 0 Å². The number of benzene rings is 2. The van der Waals surface area contributed by atoms with E-state index in [0.717, 1.165) is 10.4 Å². The minimum atomic E-state index is -0.714. The number of aliphatic hydroxyl groups excluding tert-OH is 1. The number of amides is 1. The molecule has 1 unspecified atom stereocenters. The van der Waals surface area contributed by atoms with Crippen molar-refractivity contribution in [2.45, 2.75) is 19.9 Å². The standard InChI is InChI=1S/C23H18ClNO3S/c1-13-8-10-15(11-9-13)21(26)19-20(18-7-4-12-29-18)25(23(28)22(19)27)17-6-3-5-16(24)14(17)2/h3-12,20,26H,1-2H3/b21-19-. The van der Waals surface area contributed by atoms with Crippen LogP contribution in [0, 0.1) is 13.8 Å². The summed E-state index contributed by atoms with van der Waals surface area (Å²) in [6.07, 6.45) is 0. The molecule has 3 aromatic rings. The molecule has 1 fully saturated rings. The van der Waals surface area contributed by atoms with Crippen LogP contribution >= 0.6 is 22.9 Å². The number of anilines is 1. The van der Waals surface area contributed by atoms with Crippen molar-refractivity contribution in [2.24, 2.45) is 0 Å². The highest BCUT2D eigenvalue weighted by Crippen LogP contribution is 2.45. The second-order valence-electron chi connectivity index (χ2n) is 6.93. The van der Waals surface area contributed by atoms with Crippen LogP contribution in [-0.4, -0.2) is 16.8 Å². The van der Waals surface area contributed by atoms with Gasteiger partial charge in [-0.15, -0.1) is 11.3 Å². The summed E-state index contributed by atoms with van der Waals surface area (Å²) in [5.41, 5.74) is 2.87. The number of carbonyl (C=O) groups excluding carboxylic acids is 2. The zero-order chi connectivity index (χ0) is 20.7. The van der Waals surface area contributed by atoms with Gasteiger partial charge < -0.3 is 5.11 Å². The molecule has 146 valence electrons. The van der Waals surface area contributed by atoms with Gasteiger partial charge in [-0.05, 0) is 43.0 Å². The number of carbonyl (C=O) groups is 2. The van der Waals surface area contributed by atoms with E-state index in [9.17, 15) is 14.7 Å². The number of aryl methyl sites for hydroxylation is 1. The highest BCUT2D eigenvalue weighted by Gasteiger charge is 2.47. The van der Waals surface area contributed by atoms with E-state index >= 15 is 0 Å². The summed E-state index contributed by atoms with van der Waals surface area (Å²) < 4.78 is 0.